The zero-order valence-electron chi connectivity index (χ0n) is 15.5. The van der Waals surface area contributed by atoms with Gasteiger partial charge < -0.3 is 14.7 Å². The van der Waals surface area contributed by atoms with Crippen LogP contribution in [0.1, 0.15) is 11.1 Å². The summed E-state index contributed by atoms with van der Waals surface area (Å²) in [5.74, 6) is 0.680. The average molecular weight is 358 g/mol. The predicted octanol–water partition coefficient (Wildman–Crippen LogP) is 3.00. The van der Waals surface area contributed by atoms with Crippen LogP contribution >= 0.6 is 0 Å². The van der Waals surface area contributed by atoms with Crippen molar-refractivity contribution in [3.8, 4) is 5.75 Å². The molecule has 0 bridgehead atoms. The van der Waals surface area contributed by atoms with Gasteiger partial charge in [0.15, 0.2) is 0 Å². The van der Waals surface area contributed by atoms with Gasteiger partial charge in [-0.15, -0.1) is 0 Å². The minimum Gasteiger partial charge on any atom is -0.490 e. The number of benzene rings is 2. The first-order chi connectivity index (χ1) is 12.5. The topological polar surface area (TPSA) is 35.9 Å². The Kier molecular flexibility index (Phi) is 6.12. The van der Waals surface area contributed by atoms with Crippen molar-refractivity contribution in [1.82, 2.24) is 4.90 Å². The van der Waals surface area contributed by atoms with Crippen LogP contribution in [0.15, 0.2) is 42.5 Å². The average Bonchev–Trinajstić information content (AvgIpc) is 2.62. The third-order valence-electron chi connectivity index (χ3n) is 4.86. The molecule has 3 rings (SSSR count). The van der Waals surface area contributed by atoms with Gasteiger partial charge in [-0.3, -0.25) is 4.90 Å². The van der Waals surface area contributed by atoms with Crippen molar-refractivity contribution in [1.29, 1.82) is 0 Å². The second-order valence-corrected chi connectivity index (χ2v) is 6.92. The Morgan fingerprint density at radius 3 is 2.31 bits per heavy atom. The lowest BCUT2D eigenvalue weighted by molar-refractivity contribution is 0.0658. The summed E-state index contributed by atoms with van der Waals surface area (Å²) in [4.78, 5) is 4.27. The number of β-amino-alcohol motifs (C(OH)–C–C–N with tert-alkyl or cyclic N) is 1. The van der Waals surface area contributed by atoms with Crippen molar-refractivity contribution in [2.45, 2.75) is 20.0 Å². The summed E-state index contributed by atoms with van der Waals surface area (Å²) in [7, 11) is 0. The first kappa shape index (κ1) is 18.7. The number of piperazine rings is 1. The van der Waals surface area contributed by atoms with E-state index in [-0.39, 0.29) is 12.4 Å². The first-order valence-corrected chi connectivity index (χ1v) is 9.13. The maximum atomic E-state index is 13.9. The van der Waals surface area contributed by atoms with Gasteiger partial charge in [0, 0.05) is 32.7 Å². The van der Waals surface area contributed by atoms with E-state index in [1.807, 2.05) is 44.2 Å². The van der Waals surface area contributed by atoms with Gasteiger partial charge in [-0.05, 0) is 37.1 Å². The van der Waals surface area contributed by atoms with E-state index >= 15 is 0 Å². The summed E-state index contributed by atoms with van der Waals surface area (Å²) in [5, 5.41) is 10.3. The number of nitrogens with zero attached hydrogens (tertiary/aromatic N) is 2. The summed E-state index contributed by atoms with van der Waals surface area (Å²) in [5.41, 5.74) is 2.82. The minimum absolute atomic E-state index is 0.178. The van der Waals surface area contributed by atoms with E-state index in [1.165, 1.54) is 6.07 Å². The molecule has 1 aliphatic heterocycles. The Bertz CT molecular complexity index is 709. The summed E-state index contributed by atoms with van der Waals surface area (Å²) >= 11 is 0. The lowest BCUT2D eigenvalue weighted by atomic mass is 10.1. The number of anilines is 1. The van der Waals surface area contributed by atoms with Crippen molar-refractivity contribution in [2.24, 2.45) is 0 Å². The molecule has 0 spiro atoms. The van der Waals surface area contributed by atoms with Gasteiger partial charge in [0.05, 0.1) is 5.69 Å². The molecule has 140 valence electrons. The third-order valence-corrected chi connectivity index (χ3v) is 4.86. The van der Waals surface area contributed by atoms with E-state index in [9.17, 15) is 9.50 Å². The quantitative estimate of drug-likeness (QED) is 0.861. The van der Waals surface area contributed by atoms with Crippen LogP contribution in [-0.4, -0.2) is 55.4 Å². The Hall–Kier alpha value is -2.11. The van der Waals surface area contributed by atoms with Gasteiger partial charge in [-0.2, -0.15) is 0 Å². The zero-order valence-corrected chi connectivity index (χ0v) is 15.5. The molecule has 1 saturated heterocycles. The van der Waals surface area contributed by atoms with Crippen molar-refractivity contribution >= 4 is 5.69 Å². The molecule has 0 unspecified atom stereocenters. The molecule has 5 heteroatoms. The fraction of sp³-hybridized carbons (Fsp3) is 0.429. The van der Waals surface area contributed by atoms with Crippen molar-refractivity contribution in [2.75, 3.05) is 44.2 Å². The molecule has 0 saturated carbocycles. The molecule has 1 N–H and O–H groups in total. The Labute approximate surface area is 154 Å². The van der Waals surface area contributed by atoms with E-state index in [2.05, 4.69) is 9.80 Å². The van der Waals surface area contributed by atoms with Gasteiger partial charge in [-0.25, -0.2) is 4.39 Å². The molecule has 2 aromatic carbocycles. The number of hydrogen-bond donors (Lipinski definition) is 1. The Morgan fingerprint density at radius 1 is 1.00 bits per heavy atom. The SMILES string of the molecule is Cc1cccc(C)c1OC[C@@H](O)CN1CCN(c2ccccc2F)CC1. The second-order valence-electron chi connectivity index (χ2n) is 6.92. The highest BCUT2D eigenvalue weighted by Gasteiger charge is 2.21. The molecule has 1 fully saturated rings. The fourth-order valence-electron chi connectivity index (χ4n) is 3.44. The molecular weight excluding hydrogens is 331 g/mol. The lowest BCUT2D eigenvalue weighted by Gasteiger charge is -2.37. The number of hydrogen-bond acceptors (Lipinski definition) is 4. The van der Waals surface area contributed by atoms with E-state index in [1.54, 1.807) is 6.07 Å². The monoisotopic (exact) mass is 358 g/mol. The van der Waals surface area contributed by atoms with Crippen LogP contribution in [0.2, 0.25) is 0 Å². The second kappa shape index (κ2) is 8.52. The van der Waals surface area contributed by atoms with E-state index in [0.717, 1.165) is 43.1 Å². The van der Waals surface area contributed by atoms with E-state index < -0.39 is 6.10 Å². The van der Waals surface area contributed by atoms with E-state index in [4.69, 9.17) is 4.74 Å². The maximum Gasteiger partial charge on any atom is 0.146 e. The molecule has 26 heavy (non-hydrogen) atoms. The molecule has 2 aromatic rings. The van der Waals surface area contributed by atoms with Gasteiger partial charge >= 0.3 is 0 Å². The molecule has 0 amide bonds. The summed E-state index contributed by atoms with van der Waals surface area (Å²) in [6, 6.07) is 12.9. The number of para-hydroxylation sites is 2. The molecule has 0 aromatic heterocycles. The molecule has 0 radical (unpaired) electrons. The van der Waals surface area contributed by atoms with E-state index in [0.29, 0.717) is 12.2 Å². The first-order valence-electron chi connectivity index (χ1n) is 9.13. The summed E-state index contributed by atoms with van der Waals surface area (Å²) < 4.78 is 19.7. The van der Waals surface area contributed by atoms with Gasteiger partial charge in [0.25, 0.3) is 0 Å². The van der Waals surface area contributed by atoms with Crippen LogP contribution in [0.4, 0.5) is 10.1 Å². The van der Waals surface area contributed by atoms with Crippen LogP contribution in [0.5, 0.6) is 5.75 Å². The lowest BCUT2D eigenvalue weighted by Crippen LogP contribution is -2.49. The van der Waals surface area contributed by atoms with Crippen LogP contribution in [-0.2, 0) is 0 Å². The Morgan fingerprint density at radius 2 is 1.65 bits per heavy atom. The highest BCUT2D eigenvalue weighted by molar-refractivity contribution is 5.48. The Balaban J connectivity index is 1.46. The highest BCUT2D eigenvalue weighted by atomic mass is 19.1. The van der Waals surface area contributed by atoms with Crippen molar-refractivity contribution in [3.05, 3.63) is 59.4 Å². The fourth-order valence-corrected chi connectivity index (χ4v) is 3.44. The number of aryl methyl sites for hydroxylation is 2. The van der Waals surface area contributed by atoms with Gasteiger partial charge in [-0.1, -0.05) is 30.3 Å². The number of aliphatic hydroxyl groups is 1. The zero-order chi connectivity index (χ0) is 18.5. The minimum atomic E-state index is -0.547. The molecule has 1 atom stereocenters. The summed E-state index contributed by atoms with van der Waals surface area (Å²) in [6.07, 6.45) is -0.547. The maximum absolute atomic E-state index is 13.9. The predicted molar refractivity (Wildman–Crippen MR) is 102 cm³/mol. The van der Waals surface area contributed by atoms with Crippen molar-refractivity contribution in [3.63, 3.8) is 0 Å². The van der Waals surface area contributed by atoms with Crippen LogP contribution in [0.3, 0.4) is 0 Å². The van der Waals surface area contributed by atoms with Crippen molar-refractivity contribution < 1.29 is 14.2 Å². The molecule has 0 aliphatic carbocycles. The van der Waals surface area contributed by atoms with Crippen LogP contribution in [0, 0.1) is 19.7 Å². The number of ether oxygens (including phenoxy) is 1. The number of aliphatic hydroxyl groups excluding tert-OH is 1. The summed E-state index contributed by atoms with van der Waals surface area (Å²) in [6.45, 7) is 7.98. The highest BCUT2D eigenvalue weighted by Crippen LogP contribution is 2.23. The molecule has 1 aliphatic rings. The molecule has 4 nitrogen and oxygen atoms in total. The third kappa shape index (κ3) is 4.54. The normalized spacial score (nSPS) is 16.5. The smallest absolute Gasteiger partial charge is 0.146 e. The molecule has 1 heterocycles. The number of rotatable bonds is 6. The molecular formula is C21H27FN2O2. The largest absolute Gasteiger partial charge is 0.490 e. The van der Waals surface area contributed by atoms with Gasteiger partial charge in [0.1, 0.15) is 24.3 Å². The van der Waals surface area contributed by atoms with Crippen LogP contribution in [0.25, 0.3) is 0 Å². The number of halogens is 1. The van der Waals surface area contributed by atoms with Gasteiger partial charge in [0.2, 0.25) is 0 Å². The van der Waals surface area contributed by atoms with Crippen LogP contribution < -0.4 is 9.64 Å². The standard InChI is InChI=1S/C21H27FN2O2/c1-16-6-5-7-17(2)21(16)26-15-18(25)14-23-10-12-24(13-11-23)20-9-4-3-8-19(20)22/h3-9,18,25H,10-15H2,1-2H3/t18-/m0/s1.